The maximum atomic E-state index is 3.24. The Kier molecular flexibility index (Phi) is 3.90. The van der Waals surface area contributed by atoms with Crippen LogP contribution in [-0.4, -0.2) is 7.05 Å². The van der Waals surface area contributed by atoms with Crippen LogP contribution < -0.4 is 5.32 Å². The number of fused-ring (bicyclic) bond motifs is 1. The maximum absolute atomic E-state index is 3.24. The van der Waals surface area contributed by atoms with Crippen LogP contribution in [0, 0.1) is 0 Å². The van der Waals surface area contributed by atoms with E-state index in [4.69, 9.17) is 0 Å². The van der Waals surface area contributed by atoms with Gasteiger partial charge in [-0.05, 0) is 61.2 Å². The lowest BCUT2D eigenvalue weighted by atomic mass is 10.1. The van der Waals surface area contributed by atoms with Gasteiger partial charge in [0.1, 0.15) is 0 Å². The van der Waals surface area contributed by atoms with E-state index in [1.54, 1.807) is 11.1 Å². The predicted molar refractivity (Wildman–Crippen MR) is 81.8 cm³/mol. The van der Waals surface area contributed by atoms with Crippen molar-refractivity contribution in [3.05, 3.63) is 59.2 Å². The fraction of sp³-hybridized carbons (Fsp3) is 0.294. The van der Waals surface area contributed by atoms with Gasteiger partial charge >= 0.3 is 0 Å². The number of nitrogens with one attached hydrogen (secondary N) is 1. The third kappa shape index (κ3) is 2.85. The molecule has 1 nitrogen and oxygen atoms in total. The van der Waals surface area contributed by atoms with E-state index in [1.165, 1.54) is 34.6 Å². The predicted octanol–water partition coefficient (Wildman–Crippen LogP) is 4.05. The molecule has 0 bridgehead atoms. The first-order chi connectivity index (χ1) is 9.36. The molecular formula is C17H19NS. The van der Waals surface area contributed by atoms with Crippen LogP contribution in [0.5, 0.6) is 0 Å². The van der Waals surface area contributed by atoms with Crippen molar-refractivity contribution in [2.75, 3.05) is 7.05 Å². The standard InChI is InChI=1S/C17H19NS/c1-18-12-15-5-2-3-8-17(15)19-16-10-9-13-6-4-7-14(13)11-16/h2-3,5,8-11,18H,4,6-7,12H2,1H3. The molecular weight excluding hydrogens is 250 g/mol. The molecule has 19 heavy (non-hydrogen) atoms. The molecule has 2 heteroatoms. The molecule has 1 aliphatic carbocycles. The molecule has 3 rings (SSSR count). The molecule has 0 atom stereocenters. The average Bonchev–Trinajstić information content (AvgIpc) is 2.89. The Hall–Kier alpha value is -1.25. The molecule has 0 fully saturated rings. The normalized spacial score (nSPS) is 13.5. The van der Waals surface area contributed by atoms with Crippen LogP contribution in [0.1, 0.15) is 23.1 Å². The van der Waals surface area contributed by atoms with E-state index in [2.05, 4.69) is 47.8 Å². The topological polar surface area (TPSA) is 12.0 Å². The summed E-state index contributed by atoms with van der Waals surface area (Å²) < 4.78 is 0. The van der Waals surface area contributed by atoms with Crippen LogP contribution in [0.2, 0.25) is 0 Å². The van der Waals surface area contributed by atoms with Crippen LogP contribution >= 0.6 is 11.8 Å². The zero-order valence-corrected chi connectivity index (χ0v) is 12.1. The summed E-state index contributed by atoms with van der Waals surface area (Å²) in [6, 6.07) is 15.6. The van der Waals surface area contributed by atoms with Crippen molar-refractivity contribution in [2.24, 2.45) is 0 Å². The van der Waals surface area contributed by atoms with E-state index in [9.17, 15) is 0 Å². The van der Waals surface area contributed by atoms with Gasteiger partial charge in [-0.1, -0.05) is 36.0 Å². The third-order valence-electron chi connectivity index (χ3n) is 3.64. The molecule has 2 aromatic carbocycles. The molecule has 0 radical (unpaired) electrons. The van der Waals surface area contributed by atoms with E-state index in [0.717, 1.165) is 6.54 Å². The van der Waals surface area contributed by atoms with Gasteiger partial charge in [0.15, 0.2) is 0 Å². The van der Waals surface area contributed by atoms with Gasteiger partial charge < -0.3 is 5.32 Å². The monoisotopic (exact) mass is 269 g/mol. The second-order valence-electron chi connectivity index (χ2n) is 5.02. The van der Waals surface area contributed by atoms with Gasteiger partial charge in [-0.3, -0.25) is 0 Å². The highest BCUT2D eigenvalue weighted by atomic mass is 32.2. The van der Waals surface area contributed by atoms with Gasteiger partial charge in [-0.15, -0.1) is 0 Å². The minimum absolute atomic E-state index is 0.925. The van der Waals surface area contributed by atoms with Gasteiger partial charge in [0, 0.05) is 16.3 Å². The highest BCUT2D eigenvalue weighted by Gasteiger charge is 2.11. The second kappa shape index (κ2) is 5.81. The fourth-order valence-electron chi connectivity index (χ4n) is 2.68. The summed E-state index contributed by atoms with van der Waals surface area (Å²) in [4.78, 5) is 2.72. The molecule has 0 saturated carbocycles. The van der Waals surface area contributed by atoms with Crippen molar-refractivity contribution >= 4 is 11.8 Å². The third-order valence-corrected chi connectivity index (χ3v) is 4.75. The summed E-state index contributed by atoms with van der Waals surface area (Å²) in [6.45, 7) is 0.925. The van der Waals surface area contributed by atoms with Crippen molar-refractivity contribution in [2.45, 2.75) is 35.6 Å². The Balaban J connectivity index is 1.85. The molecule has 0 saturated heterocycles. The molecule has 1 N–H and O–H groups in total. The first-order valence-corrected chi connectivity index (χ1v) is 7.70. The number of hydrogen-bond donors (Lipinski definition) is 1. The number of hydrogen-bond acceptors (Lipinski definition) is 2. The summed E-state index contributed by atoms with van der Waals surface area (Å²) in [7, 11) is 2.00. The minimum Gasteiger partial charge on any atom is -0.316 e. The minimum atomic E-state index is 0.925. The summed E-state index contributed by atoms with van der Waals surface area (Å²) in [6.07, 6.45) is 3.83. The van der Waals surface area contributed by atoms with Gasteiger partial charge in [-0.25, -0.2) is 0 Å². The highest BCUT2D eigenvalue weighted by molar-refractivity contribution is 7.99. The lowest BCUT2D eigenvalue weighted by Gasteiger charge is -2.09. The molecule has 1 aliphatic rings. The molecule has 0 spiro atoms. The SMILES string of the molecule is CNCc1ccccc1Sc1ccc2c(c1)CCC2. The van der Waals surface area contributed by atoms with E-state index in [1.807, 2.05) is 18.8 Å². The van der Waals surface area contributed by atoms with Crippen molar-refractivity contribution in [3.63, 3.8) is 0 Å². The van der Waals surface area contributed by atoms with Crippen LogP contribution in [0.4, 0.5) is 0 Å². The largest absolute Gasteiger partial charge is 0.316 e. The Morgan fingerprint density at radius 3 is 2.79 bits per heavy atom. The Morgan fingerprint density at radius 2 is 1.89 bits per heavy atom. The van der Waals surface area contributed by atoms with Gasteiger partial charge in [0.25, 0.3) is 0 Å². The quantitative estimate of drug-likeness (QED) is 0.899. The maximum Gasteiger partial charge on any atom is 0.0213 e. The zero-order valence-electron chi connectivity index (χ0n) is 11.3. The molecule has 2 aromatic rings. The zero-order chi connectivity index (χ0) is 13.1. The van der Waals surface area contributed by atoms with Gasteiger partial charge in [-0.2, -0.15) is 0 Å². The van der Waals surface area contributed by atoms with Crippen LogP contribution in [0.25, 0.3) is 0 Å². The number of benzene rings is 2. The van der Waals surface area contributed by atoms with Crippen LogP contribution in [0.15, 0.2) is 52.3 Å². The number of rotatable bonds is 4. The first kappa shape index (κ1) is 12.8. The first-order valence-electron chi connectivity index (χ1n) is 6.89. The lowest BCUT2D eigenvalue weighted by Crippen LogP contribution is -2.05. The Morgan fingerprint density at radius 1 is 1.05 bits per heavy atom. The molecule has 0 aromatic heterocycles. The molecule has 98 valence electrons. The van der Waals surface area contributed by atoms with Crippen molar-refractivity contribution in [1.29, 1.82) is 0 Å². The van der Waals surface area contributed by atoms with Crippen molar-refractivity contribution < 1.29 is 0 Å². The molecule has 0 aliphatic heterocycles. The van der Waals surface area contributed by atoms with E-state index < -0.39 is 0 Å². The van der Waals surface area contributed by atoms with Crippen LogP contribution in [-0.2, 0) is 19.4 Å². The van der Waals surface area contributed by atoms with Crippen LogP contribution in [0.3, 0.4) is 0 Å². The summed E-state index contributed by atoms with van der Waals surface area (Å²) in [5.74, 6) is 0. The fourth-order valence-corrected chi connectivity index (χ4v) is 3.69. The Bertz CT molecular complexity index is 577. The number of aryl methyl sites for hydroxylation is 2. The van der Waals surface area contributed by atoms with Gasteiger partial charge in [0.2, 0.25) is 0 Å². The van der Waals surface area contributed by atoms with Gasteiger partial charge in [0.05, 0.1) is 0 Å². The summed E-state index contributed by atoms with van der Waals surface area (Å²) in [5.41, 5.74) is 4.47. The summed E-state index contributed by atoms with van der Waals surface area (Å²) in [5, 5.41) is 3.24. The second-order valence-corrected chi connectivity index (χ2v) is 6.14. The Labute approximate surface area is 119 Å². The molecule has 0 unspecified atom stereocenters. The van der Waals surface area contributed by atoms with E-state index in [0.29, 0.717) is 0 Å². The summed E-state index contributed by atoms with van der Waals surface area (Å²) >= 11 is 1.88. The highest BCUT2D eigenvalue weighted by Crippen LogP contribution is 2.33. The molecule has 0 amide bonds. The molecule has 0 heterocycles. The van der Waals surface area contributed by atoms with E-state index >= 15 is 0 Å². The van der Waals surface area contributed by atoms with Crippen molar-refractivity contribution in [1.82, 2.24) is 5.32 Å². The lowest BCUT2D eigenvalue weighted by molar-refractivity contribution is 0.803. The van der Waals surface area contributed by atoms with E-state index in [-0.39, 0.29) is 0 Å². The van der Waals surface area contributed by atoms with Crippen molar-refractivity contribution in [3.8, 4) is 0 Å². The smallest absolute Gasteiger partial charge is 0.0213 e. The average molecular weight is 269 g/mol.